The van der Waals surface area contributed by atoms with E-state index in [4.69, 9.17) is 37.4 Å². The van der Waals surface area contributed by atoms with Crippen molar-refractivity contribution in [1.82, 2.24) is 14.8 Å². The standard InChI is InChI=1S/C40H42Cl2N6O4/c41-31-10-19-37(38(42)24-31)40(27-48-29-43-28-44-48)51-26-36(52-40)25-50-35-17-15-34(16-18-35)47-22-20-46(21-23-47)33-13-11-32(12-14-33)45-39(49)9-5-4-8-30-6-2-1-3-7-30/h1-3,6-7,10-19,24,28-29,36H,4-5,8-9,20-23,25-27H2,(H,45,49)/t36-,40-/m1/s1. The number of unbranched alkanes of at least 4 members (excludes halogenated alkanes) is 1. The third kappa shape index (κ3) is 9.05. The molecule has 0 radical (unpaired) electrons. The van der Waals surface area contributed by atoms with Gasteiger partial charge < -0.3 is 29.3 Å². The maximum Gasteiger partial charge on any atom is 0.224 e. The molecule has 2 saturated heterocycles. The molecule has 2 aliphatic heterocycles. The predicted octanol–water partition coefficient (Wildman–Crippen LogP) is 7.61. The molecule has 2 aliphatic rings. The summed E-state index contributed by atoms with van der Waals surface area (Å²) in [6, 6.07) is 32.0. The molecule has 52 heavy (non-hydrogen) atoms. The Bertz CT molecular complexity index is 1890. The number of nitrogens with zero attached hydrogens (tertiary/aromatic N) is 5. The molecule has 5 aromatic rings. The van der Waals surface area contributed by atoms with E-state index in [-0.39, 0.29) is 18.6 Å². The molecule has 12 heteroatoms. The lowest BCUT2D eigenvalue weighted by atomic mass is 10.1. The van der Waals surface area contributed by atoms with Crippen LogP contribution < -0.4 is 19.9 Å². The monoisotopic (exact) mass is 740 g/mol. The molecular weight excluding hydrogens is 699 g/mol. The molecule has 0 spiro atoms. The molecule has 1 aromatic heterocycles. The van der Waals surface area contributed by atoms with Gasteiger partial charge in [0.05, 0.1) is 11.6 Å². The average molecular weight is 742 g/mol. The molecule has 2 atom stereocenters. The summed E-state index contributed by atoms with van der Waals surface area (Å²) >= 11 is 12.8. The van der Waals surface area contributed by atoms with E-state index in [1.807, 2.05) is 36.4 Å². The van der Waals surface area contributed by atoms with Crippen LogP contribution in [0, 0.1) is 0 Å². The fraction of sp³-hybridized carbons (Fsp3) is 0.325. The number of amides is 1. The molecule has 270 valence electrons. The molecule has 10 nitrogen and oxygen atoms in total. The molecule has 4 aromatic carbocycles. The Morgan fingerprint density at radius 1 is 0.885 bits per heavy atom. The highest BCUT2D eigenvalue weighted by atomic mass is 35.5. The number of benzene rings is 4. The van der Waals surface area contributed by atoms with Crippen molar-refractivity contribution in [2.24, 2.45) is 0 Å². The Balaban J connectivity index is 0.852. The van der Waals surface area contributed by atoms with Crippen molar-refractivity contribution in [3.63, 3.8) is 0 Å². The van der Waals surface area contributed by atoms with Crippen LogP contribution in [0.5, 0.6) is 5.75 Å². The van der Waals surface area contributed by atoms with E-state index in [1.54, 1.807) is 23.1 Å². The molecule has 0 saturated carbocycles. The number of nitrogens with one attached hydrogen (secondary N) is 1. The highest BCUT2D eigenvalue weighted by Gasteiger charge is 2.45. The van der Waals surface area contributed by atoms with E-state index in [0.29, 0.717) is 35.2 Å². The van der Waals surface area contributed by atoms with Crippen LogP contribution in [0.15, 0.2) is 110 Å². The minimum absolute atomic E-state index is 0.0626. The summed E-state index contributed by atoms with van der Waals surface area (Å²) in [6.07, 6.45) is 6.15. The summed E-state index contributed by atoms with van der Waals surface area (Å²) in [5.41, 5.74) is 5.13. The van der Waals surface area contributed by atoms with Gasteiger partial charge in [0, 0.05) is 60.2 Å². The van der Waals surface area contributed by atoms with Gasteiger partial charge in [-0.15, -0.1) is 0 Å². The minimum Gasteiger partial charge on any atom is -0.491 e. The fourth-order valence-electron chi connectivity index (χ4n) is 6.69. The summed E-state index contributed by atoms with van der Waals surface area (Å²) in [4.78, 5) is 21.3. The summed E-state index contributed by atoms with van der Waals surface area (Å²) in [5.74, 6) is -0.341. The second-order valence-corrected chi connectivity index (χ2v) is 13.9. The number of piperazine rings is 1. The van der Waals surface area contributed by atoms with Crippen molar-refractivity contribution in [2.75, 3.05) is 54.5 Å². The molecule has 7 rings (SSSR count). The van der Waals surface area contributed by atoms with Gasteiger partial charge in [0.2, 0.25) is 11.7 Å². The third-order valence-corrected chi connectivity index (χ3v) is 9.98. The number of hydrogen-bond donors (Lipinski definition) is 1. The quantitative estimate of drug-likeness (QED) is 0.116. The zero-order valence-corrected chi connectivity index (χ0v) is 30.4. The summed E-state index contributed by atoms with van der Waals surface area (Å²) in [6.45, 7) is 4.50. The van der Waals surface area contributed by atoms with Crippen molar-refractivity contribution in [2.45, 2.75) is 44.1 Å². The Kier molecular flexibility index (Phi) is 11.6. The van der Waals surface area contributed by atoms with Crippen molar-refractivity contribution < 1.29 is 19.0 Å². The molecule has 2 fully saturated rings. The van der Waals surface area contributed by atoms with E-state index in [1.165, 1.54) is 11.9 Å². The van der Waals surface area contributed by atoms with Gasteiger partial charge in [-0.1, -0.05) is 59.6 Å². The van der Waals surface area contributed by atoms with Gasteiger partial charge in [0.1, 0.15) is 37.7 Å². The number of aromatic nitrogens is 3. The Morgan fingerprint density at radius 2 is 1.60 bits per heavy atom. The number of rotatable bonds is 14. The summed E-state index contributed by atoms with van der Waals surface area (Å²) in [7, 11) is 0. The first kappa shape index (κ1) is 35.8. The Hall–Kier alpha value is -4.61. The normalized spacial score (nSPS) is 18.8. The lowest BCUT2D eigenvalue weighted by molar-refractivity contribution is -0.190. The minimum atomic E-state index is -1.16. The van der Waals surface area contributed by atoms with E-state index in [9.17, 15) is 4.79 Å². The van der Waals surface area contributed by atoms with E-state index in [0.717, 1.165) is 68.3 Å². The Morgan fingerprint density at radius 3 is 2.27 bits per heavy atom. The molecule has 1 N–H and O–H groups in total. The van der Waals surface area contributed by atoms with Crippen molar-refractivity contribution >= 4 is 46.2 Å². The largest absolute Gasteiger partial charge is 0.491 e. The lowest BCUT2D eigenvalue weighted by Crippen LogP contribution is -2.46. The molecule has 0 unspecified atom stereocenters. The van der Waals surface area contributed by atoms with Crippen LogP contribution in [-0.4, -0.2) is 66.2 Å². The van der Waals surface area contributed by atoms with Gasteiger partial charge in [0.15, 0.2) is 0 Å². The zero-order chi connectivity index (χ0) is 35.8. The number of aryl methyl sites for hydroxylation is 1. The van der Waals surface area contributed by atoms with E-state index >= 15 is 0 Å². The number of carbonyl (C=O) groups excluding carboxylic acids is 1. The second-order valence-electron chi connectivity index (χ2n) is 13.1. The zero-order valence-electron chi connectivity index (χ0n) is 28.9. The van der Waals surface area contributed by atoms with E-state index in [2.05, 4.69) is 73.7 Å². The van der Waals surface area contributed by atoms with E-state index < -0.39 is 5.79 Å². The van der Waals surface area contributed by atoms with Crippen LogP contribution in [-0.2, 0) is 33.0 Å². The van der Waals surface area contributed by atoms with Gasteiger partial charge in [-0.25, -0.2) is 9.67 Å². The maximum atomic E-state index is 12.5. The molecular formula is C40H42Cl2N6O4. The van der Waals surface area contributed by atoms with Crippen LogP contribution >= 0.6 is 23.2 Å². The first-order valence-corrected chi connectivity index (χ1v) is 18.4. The molecule has 3 heterocycles. The average Bonchev–Trinajstić information content (AvgIpc) is 3.84. The van der Waals surface area contributed by atoms with Crippen molar-refractivity contribution in [3.8, 4) is 5.75 Å². The number of anilines is 3. The first-order chi connectivity index (χ1) is 25.4. The molecule has 1 amide bonds. The molecule has 0 aliphatic carbocycles. The number of hydrogen-bond acceptors (Lipinski definition) is 8. The highest BCUT2D eigenvalue weighted by Crippen LogP contribution is 2.40. The highest BCUT2D eigenvalue weighted by molar-refractivity contribution is 6.35. The van der Waals surface area contributed by atoms with Gasteiger partial charge in [-0.3, -0.25) is 4.79 Å². The maximum absolute atomic E-state index is 12.5. The number of halogens is 2. The third-order valence-electron chi connectivity index (χ3n) is 9.43. The van der Waals surface area contributed by atoms with Crippen LogP contribution in [0.1, 0.15) is 30.4 Å². The van der Waals surface area contributed by atoms with Crippen molar-refractivity contribution in [1.29, 1.82) is 0 Å². The number of ether oxygens (including phenoxy) is 3. The summed E-state index contributed by atoms with van der Waals surface area (Å²) < 4.78 is 20.5. The SMILES string of the molecule is O=C(CCCCc1ccccc1)Nc1ccc(N2CCN(c3ccc(OC[C@@H]4CO[C@@](Cn5cncn5)(c5ccc(Cl)cc5Cl)O4)cc3)CC2)cc1. The van der Waals surface area contributed by atoms with Crippen LogP contribution in [0.25, 0.3) is 0 Å². The van der Waals surface area contributed by atoms with Gasteiger partial charge >= 0.3 is 0 Å². The van der Waals surface area contributed by atoms with Gasteiger partial charge in [-0.2, -0.15) is 5.10 Å². The Labute approximate surface area is 314 Å². The first-order valence-electron chi connectivity index (χ1n) is 17.7. The fourth-order valence-corrected chi connectivity index (χ4v) is 7.24. The number of carbonyl (C=O) groups is 1. The van der Waals surface area contributed by atoms with Crippen LogP contribution in [0.2, 0.25) is 10.0 Å². The van der Waals surface area contributed by atoms with Crippen molar-refractivity contribution in [3.05, 3.63) is 131 Å². The predicted molar refractivity (Wildman–Crippen MR) is 204 cm³/mol. The topological polar surface area (TPSA) is 94.0 Å². The second kappa shape index (κ2) is 16.8. The van der Waals surface area contributed by atoms with Crippen LogP contribution in [0.4, 0.5) is 17.1 Å². The van der Waals surface area contributed by atoms with Crippen LogP contribution in [0.3, 0.4) is 0 Å². The summed E-state index contributed by atoms with van der Waals surface area (Å²) in [5, 5.41) is 8.26. The van der Waals surface area contributed by atoms with Gasteiger partial charge in [-0.05, 0) is 85.5 Å². The van der Waals surface area contributed by atoms with Gasteiger partial charge in [0.25, 0.3) is 0 Å². The molecule has 0 bridgehead atoms. The lowest BCUT2D eigenvalue weighted by Gasteiger charge is -2.37. The smallest absolute Gasteiger partial charge is 0.224 e.